The summed E-state index contributed by atoms with van der Waals surface area (Å²) < 4.78 is 13.3. The summed E-state index contributed by atoms with van der Waals surface area (Å²) in [5, 5.41) is 13.2. The maximum Gasteiger partial charge on any atom is 0.317 e. The van der Waals surface area contributed by atoms with Crippen LogP contribution < -0.4 is 5.32 Å². The Hall–Kier alpha value is -1.62. The number of hydrogen-bond donors (Lipinski definition) is 2. The molecule has 0 saturated heterocycles. The number of aliphatic hydroxyl groups is 1. The second-order valence-corrected chi connectivity index (χ2v) is 5.97. The molecule has 114 valence electrons. The Morgan fingerprint density at radius 2 is 2.24 bits per heavy atom. The van der Waals surface area contributed by atoms with E-state index >= 15 is 0 Å². The van der Waals surface area contributed by atoms with Crippen molar-refractivity contribution in [1.82, 2.24) is 10.2 Å². The first-order valence-electron chi connectivity index (χ1n) is 7.63. The minimum Gasteiger partial charge on any atom is -0.386 e. The number of nitrogens with one attached hydrogen (secondary N) is 1. The topological polar surface area (TPSA) is 52.6 Å². The van der Waals surface area contributed by atoms with E-state index in [1.807, 2.05) is 11.8 Å². The molecule has 1 aromatic carbocycles. The molecule has 0 heterocycles. The van der Waals surface area contributed by atoms with Gasteiger partial charge in [0.15, 0.2) is 0 Å². The Bertz CT molecular complexity index is 545. The summed E-state index contributed by atoms with van der Waals surface area (Å²) in [5.41, 5.74) is 1.50. The lowest BCUT2D eigenvalue weighted by atomic mass is 10.1. The zero-order valence-corrected chi connectivity index (χ0v) is 12.2. The number of rotatable bonds is 4. The van der Waals surface area contributed by atoms with Crippen molar-refractivity contribution in [2.24, 2.45) is 0 Å². The van der Waals surface area contributed by atoms with E-state index in [0.29, 0.717) is 18.0 Å². The highest BCUT2D eigenvalue weighted by atomic mass is 19.1. The van der Waals surface area contributed by atoms with Gasteiger partial charge in [0.2, 0.25) is 0 Å². The minimum absolute atomic E-state index is 0.114. The molecule has 0 aromatic heterocycles. The number of amides is 2. The van der Waals surface area contributed by atoms with Crippen LogP contribution in [0.2, 0.25) is 0 Å². The maximum atomic E-state index is 13.3. The third kappa shape index (κ3) is 2.88. The van der Waals surface area contributed by atoms with Crippen molar-refractivity contribution in [1.29, 1.82) is 0 Å². The van der Waals surface area contributed by atoms with Gasteiger partial charge in [0.1, 0.15) is 5.82 Å². The van der Waals surface area contributed by atoms with Crippen LogP contribution in [0.15, 0.2) is 18.2 Å². The Kier molecular flexibility index (Phi) is 3.85. The van der Waals surface area contributed by atoms with Gasteiger partial charge in [-0.25, -0.2) is 9.18 Å². The van der Waals surface area contributed by atoms with Gasteiger partial charge in [-0.3, -0.25) is 0 Å². The van der Waals surface area contributed by atoms with Gasteiger partial charge in [-0.1, -0.05) is 13.0 Å². The summed E-state index contributed by atoms with van der Waals surface area (Å²) in [6.07, 6.45) is 2.76. The van der Waals surface area contributed by atoms with Crippen LogP contribution in [0, 0.1) is 5.82 Å². The quantitative estimate of drug-likeness (QED) is 0.895. The third-order valence-corrected chi connectivity index (χ3v) is 4.27. The smallest absolute Gasteiger partial charge is 0.317 e. The molecule has 0 spiro atoms. The number of aliphatic hydroxyl groups excluding tert-OH is 1. The van der Waals surface area contributed by atoms with Crippen LogP contribution in [0.3, 0.4) is 0 Å². The van der Waals surface area contributed by atoms with Crippen LogP contribution in [0.1, 0.15) is 43.4 Å². The maximum absolute atomic E-state index is 13.3. The molecule has 1 fully saturated rings. The number of fused-ring (bicyclic) bond motifs is 1. The fourth-order valence-corrected chi connectivity index (χ4v) is 3.04. The van der Waals surface area contributed by atoms with Crippen molar-refractivity contribution in [2.75, 3.05) is 6.54 Å². The number of hydrogen-bond acceptors (Lipinski definition) is 2. The van der Waals surface area contributed by atoms with Gasteiger partial charge in [-0.05, 0) is 48.9 Å². The summed E-state index contributed by atoms with van der Waals surface area (Å²) >= 11 is 0. The van der Waals surface area contributed by atoms with E-state index in [9.17, 15) is 14.3 Å². The van der Waals surface area contributed by atoms with Crippen LogP contribution >= 0.6 is 0 Å². The lowest BCUT2D eigenvalue weighted by molar-refractivity contribution is 0.133. The Labute approximate surface area is 124 Å². The Morgan fingerprint density at radius 1 is 1.48 bits per heavy atom. The molecule has 0 aliphatic heterocycles. The predicted molar refractivity (Wildman–Crippen MR) is 77.4 cm³/mol. The molecule has 21 heavy (non-hydrogen) atoms. The SMILES string of the molecule is CCCN(C(=O)NC1Cc2ccc(F)cc2C1O)C1CC1. The summed E-state index contributed by atoms with van der Waals surface area (Å²) in [6.45, 7) is 2.78. The molecule has 2 unspecified atom stereocenters. The minimum atomic E-state index is -0.831. The molecule has 5 heteroatoms. The number of benzene rings is 1. The highest BCUT2D eigenvalue weighted by Crippen LogP contribution is 2.33. The molecule has 2 atom stereocenters. The second kappa shape index (κ2) is 5.64. The molecule has 2 N–H and O–H groups in total. The predicted octanol–water partition coefficient (Wildman–Crippen LogP) is 2.37. The number of halogens is 1. The van der Waals surface area contributed by atoms with Gasteiger partial charge < -0.3 is 15.3 Å². The van der Waals surface area contributed by atoms with E-state index in [-0.39, 0.29) is 17.9 Å². The number of carbonyl (C=O) groups excluding carboxylic acids is 1. The second-order valence-electron chi connectivity index (χ2n) is 5.97. The summed E-state index contributed by atoms with van der Waals surface area (Å²) in [6, 6.07) is 4.30. The van der Waals surface area contributed by atoms with E-state index < -0.39 is 6.10 Å². The molecule has 2 aliphatic carbocycles. The van der Waals surface area contributed by atoms with E-state index in [0.717, 1.165) is 31.4 Å². The highest BCUT2D eigenvalue weighted by Gasteiger charge is 2.36. The lowest BCUT2D eigenvalue weighted by Crippen LogP contribution is -2.47. The van der Waals surface area contributed by atoms with Crippen molar-refractivity contribution < 1.29 is 14.3 Å². The molecule has 4 nitrogen and oxygen atoms in total. The average Bonchev–Trinajstić information content (AvgIpc) is 3.25. The van der Waals surface area contributed by atoms with Crippen LogP contribution in [0.25, 0.3) is 0 Å². The number of nitrogens with zero attached hydrogens (tertiary/aromatic N) is 1. The third-order valence-electron chi connectivity index (χ3n) is 4.27. The molecular formula is C16H21FN2O2. The Morgan fingerprint density at radius 3 is 2.90 bits per heavy atom. The van der Waals surface area contributed by atoms with Crippen molar-refractivity contribution in [2.45, 2.75) is 50.8 Å². The first-order chi connectivity index (χ1) is 10.1. The van der Waals surface area contributed by atoms with Crippen molar-refractivity contribution in [3.05, 3.63) is 35.1 Å². The van der Waals surface area contributed by atoms with Crippen molar-refractivity contribution in [3.63, 3.8) is 0 Å². The number of urea groups is 1. The van der Waals surface area contributed by atoms with Crippen LogP contribution in [-0.4, -0.2) is 34.7 Å². The van der Waals surface area contributed by atoms with Gasteiger partial charge in [-0.15, -0.1) is 0 Å². The van der Waals surface area contributed by atoms with Gasteiger partial charge >= 0.3 is 6.03 Å². The van der Waals surface area contributed by atoms with Crippen LogP contribution in [0.5, 0.6) is 0 Å². The summed E-state index contributed by atoms with van der Waals surface area (Å²) in [5.74, 6) is -0.356. The van der Waals surface area contributed by atoms with Gasteiger partial charge in [0, 0.05) is 12.6 Å². The first-order valence-corrected chi connectivity index (χ1v) is 7.63. The van der Waals surface area contributed by atoms with Crippen molar-refractivity contribution in [3.8, 4) is 0 Å². The van der Waals surface area contributed by atoms with E-state index in [1.165, 1.54) is 12.1 Å². The first kappa shape index (κ1) is 14.3. The van der Waals surface area contributed by atoms with Crippen molar-refractivity contribution >= 4 is 6.03 Å². The molecular weight excluding hydrogens is 271 g/mol. The van der Waals surface area contributed by atoms with Gasteiger partial charge in [0.05, 0.1) is 12.1 Å². The standard InChI is InChI=1S/C16H21FN2O2/c1-2-7-19(12-5-6-12)16(21)18-14-8-10-3-4-11(17)9-13(10)15(14)20/h3-4,9,12,14-15,20H,2,5-8H2,1H3,(H,18,21). The monoisotopic (exact) mass is 292 g/mol. The fourth-order valence-electron chi connectivity index (χ4n) is 3.04. The van der Waals surface area contributed by atoms with E-state index in [1.54, 1.807) is 6.07 Å². The molecule has 2 amide bonds. The number of carbonyl (C=O) groups is 1. The molecule has 0 radical (unpaired) electrons. The molecule has 3 rings (SSSR count). The van der Waals surface area contributed by atoms with E-state index in [4.69, 9.17) is 0 Å². The van der Waals surface area contributed by atoms with Crippen LogP contribution in [-0.2, 0) is 6.42 Å². The molecule has 2 aliphatic rings. The summed E-state index contributed by atoms with van der Waals surface area (Å²) in [7, 11) is 0. The lowest BCUT2D eigenvalue weighted by Gasteiger charge is -2.25. The fraction of sp³-hybridized carbons (Fsp3) is 0.562. The highest BCUT2D eigenvalue weighted by molar-refractivity contribution is 5.75. The molecule has 0 bridgehead atoms. The average molecular weight is 292 g/mol. The van der Waals surface area contributed by atoms with Crippen LogP contribution in [0.4, 0.5) is 9.18 Å². The Balaban J connectivity index is 1.67. The summed E-state index contributed by atoms with van der Waals surface area (Å²) in [4.78, 5) is 14.2. The zero-order valence-electron chi connectivity index (χ0n) is 12.2. The van der Waals surface area contributed by atoms with Gasteiger partial charge in [0.25, 0.3) is 0 Å². The molecule has 1 saturated carbocycles. The molecule has 1 aromatic rings. The van der Waals surface area contributed by atoms with E-state index in [2.05, 4.69) is 5.32 Å². The zero-order chi connectivity index (χ0) is 15.0. The largest absolute Gasteiger partial charge is 0.386 e. The van der Waals surface area contributed by atoms with Gasteiger partial charge in [-0.2, -0.15) is 0 Å². The normalized spacial score (nSPS) is 23.8.